The Morgan fingerprint density at radius 2 is 1.75 bits per heavy atom. The van der Waals surface area contributed by atoms with Crippen LogP contribution < -0.4 is 15.8 Å². The first-order valence-electron chi connectivity index (χ1n) is 6.90. The average molecular weight is 336 g/mol. The number of hydrogen-bond donors (Lipinski definition) is 2. The number of anilines is 2. The molecule has 2 aromatic rings. The average Bonchev–Trinajstić information content (AvgIpc) is 2.55. The van der Waals surface area contributed by atoms with Crippen molar-refractivity contribution in [2.75, 3.05) is 18.2 Å². The quantitative estimate of drug-likeness (QED) is 0.643. The van der Waals surface area contributed by atoms with Gasteiger partial charge in [-0.25, -0.2) is 0 Å². The van der Waals surface area contributed by atoms with Gasteiger partial charge in [0, 0.05) is 11.8 Å². The van der Waals surface area contributed by atoms with E-state index in [1.54, 1.807) is 48.5 Å². The summed E-state index contributed by atoms with van der Waals surface area (Å²) < 4.78 is 42.8. The summed E-state index contributed by atoms with van der Waals surface area (Å²) >= 11 is 0. The van der Waals surface area contributed by atoms with Gasteiger partial charge in [-0.2, -0.15) is 13.2 Å². The number of ketones is 1. The molecule has 0 radical (unpaired) electrons. The van der Waals surface area contributed by atoms with Gasteiger partial charge in [-0.15, -0.1) is 0 Å². The lowest BCUT2D eigenvalue weighted by molar-refractivity contribution is -0.165. The number of allylic oxidation sites excluding steroid dienone is 1. The molecular weight excluding hydrogens is 321 g/mol. The molecule has 3 N–H and O–H groups in total. The van der Waals surface area contributed by atoms with E-state index in [1.807, 2.05) is 0 Å². The fourth-order valence-corrected chi connectivity index (χ4v) is 1.93. The van der Waals surface area contributed by atoms with Crippen LogP contribution in [0, 0.1) is 0 Å². The predicted octanol–water partition coefficient (Wildman–Crippen LogP) is 3.86. The smallest absolute Gasteiger partial charge is 0.454 e. The second-order valence-corrected chi connectivity index (χ2v) is 4.86. The van der Waals surface area contributed by atoms with E-state index in [0.29, 0.717) is 28.8 Å². The third-order valence-corrected chi connectivity index (χ3v) is 3.19. The van der Waals surface area contributed by atoms with Crippen LogP contribution >= 0.6 is 0 Å². The lowest BCUT2D eigenvalue weighted by Gasteiger charge is -2.14. The molecule has 0 spiro atoms. The fourth-order valence-electron chi connectivity index (χ4n) is 1.93. The SMILES string of the molecule is COc1ccc(/C(=C/C(=O)C(F)(F)F)Nc2ccccc2N)cc1. The Hall–Kier alpha value is -2.96. The highest BCUT2D eigenvalue weighted by atomic mass is 19.4. The molecular formula is C17H15F3N2O2. The van der Waals surface area contributed by atoms with Gasteiger partial charge in [0.25, 0.3) is 5.78 Å². The summed E-state index contributed by atoms with van der Waals surface area (Å²) in [6, 6.07) is 12.8. The van der Waals surface area contributed by atoms with E-state index < -0.39 is 12.0 Å². The second-order valence-electron chi connectivity index (χ2n) is 4.86. The number of nitrogen functional groups attached to an aromatic ring is 1. The number of halogens is 3. The van der Waals surface area contributed by atoms with Crippen LogP contribution in [-0.2, 0) is 4.79 Å². The van der Waals surface area contributed by atoms with E-state index in [0.717, 1.165) is 0 Å². The van der Waals surface area contributed by atoms with Gasteiger partial charge in [-0.3, -0.25) is 4.79 Å². The standard InChI is InChI=1S/C17H15F3N2O2/c1-24-12-8-6-11(7-9-12)15(10-16(23)17(18,19)20)22-14-5-3-2-4-13(14)21/h2-10,22H,21H2,1H3/b15-10-. The first-order valence-corrected chi connectivity index (χ1v) is 6.90. The van der Waals surface area contributed by atoms with Crippen LogP contribution in [0.2, 0.25) is 0 Å². The number of rotatable bonds is 5. The molecule has 0 aromatic heterocycles. The number of nitrogens with two attached hydrogens (primary N) is 1. The van der Waals surface area contributed by atoms with Crippen LogP contribution in [0.15, 0.2) is 54.6 Å². The highest BCUT2D eigenvalue weighted by Crippen LogP contribution is 2.26. The number of ether oxygens (including phenoxy) is 1. The maximum absolute atomic E-state index is 12.6. The van der Waals surface area contributed by atoms with Crippen LogP contribution in [-0.4, -0.2) is 19.1 Å². The van der Waals surface area contributed by atoms with Crippen LogP contribution in [0.25, 0.3) is 5.70 Å². The van der Waals surface area contributed by atoms with Crippen molar-refractivity contribution >= 4 is 22.9 Å². The second kappa shape index (κ2) is 7.08. The minimum Gasteiger partial charge on any atom is -0.497 e. The summed E-state index contributed by atoms with van der Waals surface area (Å²) in [6.45, 7) is 0. The molecule has 126 valence electrons. The topological polar surface area (TPSA) is 64.3 Å². The molecule has 4 nitrogen and oxygen atoms in total. The largest absolute Gasteiger partial charge is 0.497 e. The molecule has 0 aliphatic heterocycles. The molecule has 2 rings (SSSR count). The molecule has 7 heteroatoms. The van der Waals surface area contributed by atoms with Crippen molar-refractivity contribution in [1.29, 1.82) is 0 Å². The van der Waals surface area contributed by atoms with E-state index >= 15 is 0 Å². The fraction of sp³-hybridized carbons (Fsp3) is 0.118. The Kier molecular flexibility index (Phi) is 5.13. The van der Waals surface area contributed by atoms with Gasteiger partial charge in [0.2, 0.25) is 0 Å². The zero-order valence-electron chi connectivity index (χ0n) is 12.7. The third-order valence-electron chi connectivity index (χ3n) is 3.19. The van der Waals surface area contributed by atoms with Crippen molar-refractivity contribution in [2.45, 2.75) is 6.18 Å². The highest BCUT2D eigenvalue weighted by Gasteiger charge is 2.37. The Bertz CT molecular complexity index is 753. The molecule has 0 bridgehead atoms. The molecule has 0 aliphatic rings. The first kappa shape index (κ1) is 17.4. The van der Waals surface area contributed by atoms with Crippen molar-refractivity contribution in [1.82, 2.24) is 0 Å². The Labute approximate surface area is 136 Å². The summed E-state index contributed by atoms with van der Waals surface area (Å²) in [4.78, 5) is 11.3. The number of alkyl halides is 3. The Balaban J connectivity index is 2.42. The van der Waals surface area contributed by atoms with Gasteiger partial charge >= 0.3 is 6.18 Å². The minimum atomic E-state index is -4.96. The monoisotopic (exact) mass is 336 g/mol. The van der Waals surface area contributed by atoms with Crippen LogP contribution in [0.4, 0.5) is 24.5 Å². The summed E-state index contributed by atoms with van der Waals surface area (Å²) in [5.41, 5.74) is 6.90. The third kappa shape index (κ3) is 4.28. The molecule has 0 amide bonds. The van der Waals surface area contributed by atoms with Gasteiger partial charge in [0.05, 0.1) is 18.5 Å². The van der Waals surface area contributed by atoms with Crippen LogP contribution in [0.1, 0.15) is 5.56 Å². The maximum atomic E-state index is 12.6. The van der Waals surface area contributed by atoms with Gasteiger partial charge in [0.15, 0.2) is 0 Å². The number of carbonyl (C=O) groups excluding carboxylic acids is 1. The van der Waals surface area contributed by atoms with E-state index in [-0.39, 0.29) is 5.70 Å². The number of carbonyl (C=O) groups is 1. The number of hydrogen-bond acceptors (Lipinski definition) is 4. The van der Waals surface area contributed by atoms with E-state index in [1.165, 1.54) is 7.11 Å². The molecule has 24 heavy (non-hydrogen) atoms. The minimum absolute atomic E-state index is 0.0159. The number of nitrogens with one attached hydrogen (secondary N) is 1. The summed E-state index contributed by atoms with van der Waals surface area (Å²) in [5.74, 6) is -1.42. The van der Waals surface area contributed by atoms with Gasteiger partial charge < -0.3 is 15.8 Å². The first-order chi connectivity index (χ1) is 11.3. The number of benzene rings is 2. The summed E-state index contributed by atoms with van der Waals surface area (Å²) in [6.07, 6.45) is -4.45. The zero-order chi connectivity index (χ0) is 17.7. The molecule has 0 fully saturated rings. The normalized spacial score (nSPS) is 11.9. The summed E-state index contributed by atoms with van der Waals surface area (Å²) in [7, 11) is 1.47. The van der Waals surface area contributed by atoms with Crippen molar-refractivity contribution in [2.24, 2.45) is 0 Å². The summed E-state index contributed by atoms with van der Waals surface area (Å²) in [5, 5.41) is 2.78. The van der Waals surface area contributed by atoms with E-state index in [9.17, 15) is 18.0 Å². The molecule has 0 aliphatic carbocycles. The van der Waals surface area contributed by atoms with Crippen molar-refractivity contribution < 1.29 is 22.7 Å². The van der Waals surface area contributed by atoms with Crippen molar-refractivity contribution in [3.8, 4) is 5.75 Å². The lowest BCUT2D eigenvalue weighted by atomic mass is 10.1. The lowest BCUT2D eigenvalue weighted by Crippen LogP contribution is -2.21. The highest BCUT2D eigenvalue weighted by molar-refractivity contribution is 6.02. The molecule has 0 atom stereocenters. The Morgan fingerprint density at radius 1 is 1.12 bits per heavy atom. The van der Waals surface area contributed by atoms with Gasteiger partial charge in [-0.05, 0) is 42.0 Å². The number of methoxy groups -OCH3 is 1. The van der Waals surface area contributed by atoms with Gasteiger partial charge in [-0.1, -0.05) is 12.1 Å². The van der Waals surface area contributed by atoms with Gasteiger partial charge in [0.1, 0.15) is 5.75 Å². The Morgan fingerprint density at radius 3 is 2.29 bits per heavy atom. The number of para-hydroxylation sites is 2. The predicted molar refractivity (Wildman–Crippen MR) is 86.5 cm³/mol. The van der Waals surface area contributed by atoms with Crippen LogP contribution in [0.3, 0.4) is 0 Å². The zero-order valence-corrected chi connectivity index (χ0v) is 12.7. The molecule has 0 heterocycles. The van der Waals surface area contributed by atoms with E-state index in [4.69, 9.17) is 10.5 Å². The molecule has 2 aromatic carbocycles. The van der Waals surface area contributed by atoms with Crippen molar-refractivity contribution in [3.63, 3.8) is 0 Å². The van der Waals surface area contributed by atoms with Crippen molar-refractivity contribution in [3.05, 3.63) is 60.2 Å². The molecule has 0 saturated heterocycles. The molecule has 0 unspecified atom stereocenters. The maximum Gasteiger partial charge on any atom is 0.454 e. The van der Waals surface area contributed by atoms with E-state index in [2.05, 4.69) is 5.32 Å². The molecule has 0 saturated carbocycles. The van der Waals surface area contributed by atoms with Crippen LogP contribution in [0.5, 0.6) is 5.75 Å².